The van der Waals surface area contributed by atoms with Gasteiger partial charge in [-0.25, -0.2) is 8.42 Å². The van der Waals surface area contributed by atoms with E-state index in [9.17, 15) is 13.2 Å². The molecule has 24 heavy (non-hydrogen) atoms. The Bertz CT molecular complexity index is 637. The summed E-state index contributed by atoms with van der Waals surface area (Å²) in [4.78, 5) is 12.1. The number of carbonyl (C=O) groups excluding carboxylic acids is 1. The second-order valence-corrected chi connectivity index (χ2v) is 10.1. The molecule has 0 saturated carbocycles. The smallest absolute Gasteiger partial charge is 0.240 e. The molecule has 0 saturated heterocycles. The number of nitrogens with zero attached hydrogens (tertiary/aromatic N) is 1. The molecule has 6 nitrogen and oxygen atoms in total. The molecule has 1 amide bonds. The summed E-state index contributed by atoms with van der Waals surface area (Å²) in [5.41, 5.74) is 0.428. The van der Waals surface area contributed by atoms with Gasteiger partial charge in [-0.1, -0.05) is 20.8 Å². The van der Waals surface area contributed by atoms with Crippen LogP contribution < -0.4 is 14.4 Å². The van der Waals surface area contributed by atoms with E-state index < -0.39 is 10.0 Å². The molecule has 1 N–H and O–H groups in total. The highest BCUT2D eigenvalue weighted by atomic mass is 32.2. The van der Waals surface area contributed by atoms with E-state index >= 15 is 0 Å². The van der Waals surface area contributed by atoms with E-state index in [2.05, 4.69) is 26.1 Å². The van der Waals surface area contributed by atoms with Gasteiger partial charge in [-0.15, -0.1) is 0 Å². The quantitative estimate of drug-likeness (QED) is 0.705. The van der Waals surface area contributed by atoms with Crippen LogP contribution in [0.2, 0.25) is 0 Å². The van der Waals surface area contributed by atoms with Gasteiger partial charge in [0.1, 0.15) is 12.3 Å². The Labute approximate surface area is 149 Å². The molecule has 0 aliphatic rings. The number of sulfonamides is 1. The van der Waals surface area contributed by atoms with Gasteiger partial charge in [-0.3, -0.25) is 9.10 Å². The van der Waals surface area contributed by atoms with Gasteiger partial charge in [0.05, 0.1) is 19.1 Å². The van der Waals surface area contributed by atoms with Crippen molar-refractivity contribution in [2.24, 2.45) is 0 Å². The Kier molecular flexibility index (Phi) is 7.41. The fraction of sp³-hybridized carbons (Fsp3) is 0.562. The lowest BCUT2D eigenvalue weighted by molar-refractivity contribution is -0.119. The highest BCUT2D eigenvalue weighted by Gasteiger charge is 2.20. The fourth-order valence-corrected chi connectivity index (χ4v) is 3.56. The number of benzene rings is 1. The molecule has 0 heterocycles. The Balaban J connectivity index is 2.68. The third kappa shape index (κ3) is 7.44. The number of methoxy groups -OCH3 is 1. The zero-order valence-corrected chi connectivity index (χ0v) is 16.5. The molecule has 0 fully saturated rings. The van der Waals surface area contributed by atoms with Crippen LogP contribution in [-0.4, -0.2) is 51.3 Å². The number of hydrogen-bond donors (Lipinski definition) is 1. The second kappa shape index (κ2) is 8.62. The van der Waals surface area contributed by atoms with Gasteiger partial charge < -0.3 is 10.1 Å². The molecule has 1 aromatic rings. The zero-order valence-electron chi connectivity index (χ0n) is 14.8. The van der Waals surface area contributed by atoms with E-state index in [0.717, 1.165) is 16.3 Å². The Morgan fingerprint density at radius 3 is 2.29 bits per heavy atom. The number of carbonyl (C=O) groups is 1. The summed E-state index contributed by atoms with van der Waals surface area (Å²) in [6.45, 7) is 6.57. The van der Waals surface area contributed by atoms with Crippen molar-refractivity contribution < 1.29 is 17.9 Å². The van der Waals surface area contributed by atoms with E-state index in [1.165, 1.54) is 7.11 Å². The van der Waals surface area contributed by atoms with Crippen LogP contribution in [0.25, 0.3) is 0 Å². The minimum absolute atomic E-state index is 0.132. The first-order valence-electron chi connectivity index (χ1n) is 7.55. The number of thioether (sulfide) groups is 1. The number of amides is 1. The van der Waals surface area contributed by atoms with Crippen molar-refractivity contribution in [2.75, 3.05) is 36.5 Å². The van der Waals surface area contributed by atoms with Crippen LogP contribution in [0.15, 0.2) is 24.3 Å². The molecule has 0 unspecified atom stereocenters. The summed E-state index contributed by atoms with van der Waals surface area (Å²) in [5.74, 6) is 1.07. The lowest BCUT2D eigenvalue weighted by Gasteiger charge is -2.22. The summed E-state index contributed by atoms with van der Waals surface area (Å²) in [6.07, 6.45) is 1.08. The first-order valence-corrected chi connectivity index (χ1v) is 10.4. The molecule has 0 atom stereocenters. The second-order valence-electron chi connectivity index (χ2n) is 6.28. The number of nitrogens with one attached hydrogen (secondary N) is 1. The van der Waals surface area contributed by atoms with Gasteiger partial charge in [-0.2, -0.15) is 11.8 Å². The van der Waals surface area contributed by atoms with Crippen LogP contribution in [0.4, 0.5) is 5.69 Å². The Hall–Kier alpha value is -1.41. The van der Waals surface area contributed by atoms with Crippen molar-refractivity contribution >= 4 is 33.4 Å². The third-order valence-electron chi connectivity index (χ3n) is 3.01. The highest BCUT2D eigenvalue weighted by Crippen LogP contribution is 2.22. The molecule has 0 radical (unpaired) electrons. The monoisotopic (exact) mass is 374 g/mol. The number of hydrogen-bond acceptors (Lipinski definition) is 5. The molecular formula is C16H26N2O4S2. The zero-order chi connectivity index (χ0) is 18.4. The SMILES string of the molecule is COc1ccc(N(CC(=O)NCCSC(C)(C)C)S(C)(=O)=O)cc1. The summed E-state index contributed by atoms with van der Waals surface area (Å²) in [7, 11) is -2.03. The number of anilines is 1. The molecule has 1 rings (SSSR count). The maximum absolute atomic E-state index is 12.1. The van der Waals surface area contributed by atoms with Gasteiger partial charge in [0.2, 0.25) is 15.9 Å². The van der Waals surface area contributed by atoms with E-state index in [-0.39, 0.29) is 17.2 Å². The summed E-state index contributed by atoms with van der Waals surface area (Å²) in [6, 6.07) is 6.54. The summed E-state index contributed by atoms with van der Waals surface area (Å²) < 4.78 is 30.3. The molecule has 0 aromatic heterocycles. The molecule has 8 heteroatoms. The molecule has 1 aromatic carbocycles. The molecule has 0 aliphatic heterocycles. The highest BCUT2D eigenvalue weighted by molar-refractivity contribution is 8.00. The lowest BCUT2D eigenvalue weighted by atomic mass is 10.3. The molecule has 0 aliphatic carbocycles. The predicted molar refractivity (Wildman–Crippen MR) is 100 cm³/mol. The Morgan fingerprint density at radius 2 is 1.83 bits per heavy atom. The maximum Gasteiger partial charge on any atom is 0.240 e. The minimum Gasteiger partial charge on any atom is -0.497 e. The standard InChI is InChI=1S/C16H26N2O4S2/c1-16(2,3)23-11-10-17-15(19)12-18(24(5,20)21)13-6-8-14(22-4)9-7-13/h6-9H,10-12H2,1-5H3,(H,17,19). The summed E-state index contributed by atoms with van der Waals surface area (Å²) >= 11 is 1.74. The van der Waals surface area contributed by atoms with Crippen molar-refractivity contribution in [3.05, 3.63) is 24.3 Å². The minimum atomic E-state index is -3.56. The van der Waals surface area contributed by atoms with Crippen LogP contribution in [0.1, 0.15) is 20.8 Å². The average Bonchev–Trinajstić information content (AvgIpc) is 2.47. The fourth-order valence-electron chi connectivity index (χ4n) is 1.88. The van der Waals surface area contributed by atoms with Gasteiger partial charge in [0.25, 0.3) is 0 Å². The van der Waals surface area contributed by atoms with E-state index in [0.29, 0.717) is 18.0 Å². The Morgan fingerprint density at radius 1 is 1.25 bits per heavy atom. The van der Waals surface area contributed by atoms with Crippen LogP contribution in [0.5, 0.6) is 5.75 Å². The van der Waals surface area contributed by atoms with Gasteiger partial charge >= 0.3 is 0 Å². The van der Waals surface area contributed by atoms with Crippen molar-refractivity contribution in [1.82, 2.24) is 5.32 Å². The van der Waals surface area contributed by atoms with E-state index in [4.69, 9.17) is 4.74 Å². The summed E-state index contributed by atoms with van der Waals surface area (Å²) in [5, 5.41) is 2.76. The van der Waals surface area contributed by atoms with Crippen molar-refractivity contribution in [3.63, 3.8) is 0 Å². The van der Waals surface area contributed by atoms with Crippen molar-refractivity contribution in [2.45, 2.75) is 25.5 Å². The van der Waals surface area contributed by atoms with Gasteiger partial charge in [0.15, 0.2) is 0 Å². The third-order valence-corrected chi connectivity index (χ3v) is 5.42. The van der Waals surface area contributed by atoms with Gasteiger partial charge in [-0.05, 0) is 24.3 Å². The van der Waals surface area contributed by atoms with Crippen molar-refractivity contribution in [3.8, 4) is 5.75 Å². The molecule has 136 valence electrons. The van der Waals surface area contributed by atoms with E-state index in [1.54, 1.807) is 36.0 Å². The number of rotatable bonds is 8. The largest absolute Gasteiger partial charge is 0.497 e. The molecular weight excluding hydrogens is 348 g/mol. The average molecular weight is 375 g/mol. The van der Waals surface area contributed by atoms with Crippen LogP contribution in [0, 0.1) is 0 Å². The predicted octanol–water partition coefficient (Wildman–Crippen LogP) is 2.11. The lowest BCUT2D eigenvalue weighted by Crippen LogP contribution is -2.41. The van der Waals surface area contributed by atoms with Crippen molar-refractivity contribution in [1.29, 1.82) is 0 Å². The first-order chi connectivity index (χ1) is 11.0. The van der Waals surface area contributed by atoms with E-state index in [1.807, 2.05) is 0 Å². The first kappa shape index (κ1) is 20.6. The molecule has 0 spiro atoms. The molecule has 0 bridgehead atoms. The number of ether oxygens (including phenoxy) is 1. The topological polar surface area (TPSA) is 75.7 Å². The van der Waals surface area contributed by atoms with Gasteiger partial charge in [0, 0.05) is 17.0 Å². The van der Waals surface area contributed by atoms with Crippen LogP contribution in [-0.2, 0) is 14.8 Å². The van der Waals surface area contributed by atoms with Crippen LogP contribution >= 0.6 is 11.8 Å². The normalized spacial score (nSPS) is 11.9. The van der Waals surface area contributed by atoms with Crippen LogP contribution in [0.3, 0.4) is 0 Å². The maximum atomic E-state index is 12.1.